The Bertz CT molecular complexity index is 1010. The number of rotatable bonds is 9. The van der Waals surface area contributed by atoms with Crippen LogP contribution in [-0.4, -0.2) is 47.1 Å². The molecule has 2 aliphatic rings. The minimum atomic E-state index is -0.620. The summed E-state index contributed by atoms with van der Waals surface area (Å²) < 4.78 is 4.64. The number of amides is 2. The van der Waals surface area contributed by atoms with Gasteiger partial charge in [0.25, 0.3) is 5.91 Å². The maximum Gasteiger partial charge on any atom is 0.438 e. The van der Waals surface area contributed by atoms with Crippen LogP contribution in [0.5, 0.6) is 0 Å². The number of aromatic nitrogens is 2. The number of anilines is 1. The number of H-pyrrole nitrogens is 1. The van der Waals surface area contributed by atoms with Gasteiger partial charge in [-0.05, 0) is 50.3 Å². The fourth-order valence-corrected chi connectivity index (χ4v) is 4.88. The molecule has 2 amide bonds. The van der Waals surface area contributed by atoms with Crippen LogP contribution in [0, 0.1) is 0 Å². The van der Waals surface area contributed by atoms with Gasteiger partial charge >= 0.3 is 5.76 Å². The predicted octanol–water partition coefficient (Wildman–Crippen LogP) is 2.70. The van der Waals surface area contributed by atoms with E-state index in [1.807, 2.05) is 18.2 Å². The van der Waals surface area contributed by atoms with Crippen molar-refractivity contribution in [2.75, 3.05) is 18.0 Å². The molecule has 1 aromatic carbocycles. The van der Waals surface area contributed by atoms with E-state index in [4.69, 9.17) is 0 Å². The highest BCUT2D eigenvalue weighted by molar-refractivity contribution is 5.98. The summed E-state index contributed by atoms with van der Waals surface area (Å²) in [5.74, 6) is -0.659. The van der Waals surface area contributed by atoms with E-state index in [1.165, 1.54) is 12.8 Å². The molecule has 3 atom stereocenters. The number of benzene rings is 1. The lowest BCUT2D eigenvalue weighted by Crippen LogP contribution is -2.50. The summed E-state index contributed by atoms with van der Waals surface area (Å²) in [7, 11) is 0. The van der Waals surface area contributed by atoms with Crippen molar-refractivity contribution in [1.82, 2.24) is 20.8 Å². The lowest BCUT2D eigenvalue weighted by atomic mass is 10.0. The van der Waals surface area contributed by atoms with Gasteiger partial charge < -0.3 is 15.5 Å². The van der Waals surface area contributed by atoms with E-state index >= 15 is 0 Å². The van der Waals surface area contributed by atoms with E-state index in [0.717, 1.165) is 50.9 Å². The van der Waals surface area contributed by atoms with Crippen molar-refractivity contribution in [1.29, 1.82) is 0 Å². The second-order valence-electron chi connectivity index (χ2n) is 9.05. The van der Waals surface area contributed by atoms with Crippen LogP contribution in [0.2, 0.25) is 0 Å². The van der Waals surface area contributed by atoms with Crippen LogP contribution < -0.4 is 21.3 Å². The van der Waals surface area contributed by atoms with Gasteiger partial charge in [0.2, 0.25) is 5.91 Å². The highest BCUT2D eigenvalue weighted by atomic mass is 16.5. The third-order valence-electron chi connectivity index (χ3n) is 6.70. The van der Waals surface area contributed by atoms with Crippen molar-refractivity contribution >= 4 is 17.5 Å². The molecule has 1 aromatic heterocycles. The first-order valence-electron chi connectivity index (χ1n) is 12.1. The summed E-state index contributed by atoms with van der Waals surface area (Å²) in [5, 5.41) is 9.86. The minimum absolute atomic E-state index is 0.0972. The number of carbonyl (C=O) groups excluding carboxylic acids is 2. The minimum Gasteiger partial charge on any atom is -0.372 e. The van der Waals surface area contributed by atoms with E-state index in [0.29, 0.717) is 17.8 Å². The van der Waals surface area contributed by atoms with E-state index < -0.39 is 11.8 Å². The average molecular weight is 456 g/mol. The van der Waals surface area contributed by atoms with Gasteiger partial charge in [-0.2, -0.15) is 0 Å². The van der Waals surface area contributed by atoms with Crippen LogP contribution in [0.15, 0.2) is 33.6 Å². The van der Waals surface area contributed by atoms with Crippen molar-refractivity contribution < 1.29 is 14.1 Å². The van der Waals surface area contributed by atoms with Crippen molar-refractivity contribution in [3.8, 4) is 0 Å². The number of nitrogens with zero attached hydrogens (tertiary/aromatic N) is 2. The molecule has 178 valence electrons. The normalized spacial score (nSPS) is 21.2. The standard InChI is InChI=1S/C24H33N5O4/c1-2-3-11-20(23(31)25-19-12-7-10-18(19)21-27-24(32)33-28-21)26-22(30)16-8-6-9-17(15-16)29-13-4-5-14-29/h6,8-9,15,18-20H,2-5,7,10-14H2,1H3,(H,25,31)(H,26,30)(H,27,28,32)/t18-,19+,20+/m1/s1. The fourth-order valence-electron chi connectivity index (χ4n) is 4.88. The topological polar surface area (TPSA) is 120 Å². The molecule has 9 nitrogen and oxygen atoms in total. The Morgan fingerprint density at radius 3 is 2.79 bits per heavy atom. The van der Waals surface area contributed by atoms with Gasteiger partial charge in [-0.1, -0.05) is 37.4 Å². The zero-order chi connectivity index (χ0) is 23.2. The summed E-state index contributed by atoms with van der Waals surface area (Å²) in [5.41, 5.74) is 1.61. The number of carbonyl (C=O) groups is 2. The number of hydrogen-bond acceptors (Lipinski definition) is 6. The van der Waals surface area contributed by atoms with Gasteiger partial charge in [-0.25, -0.2) is 4.79 Å². The smallest absolute Gasteiger partial charge is 0.372 e. The third-order valence-corrected chi connectivity index (χ3v) is 6.70. The average Bonchev–Trinajstić information content (AvgIpc) is 3.58. The van der Waals surface area contributed by atoms with Gasteiger partial charge in [-0.3, -0.25) is 19.1 Å². The maximum absolute atomic E-state index is 13.2. The summed E-state index contributed by atoms with van der Waals surface area (Å²) in [4.78, 5) is 42.5. The molecule has 3 N–H and O–H groups in total. The van der Waals surface area contributed by atoms with Crippen LogP contribution >= 0.6 is 0 Å². The van der Waals surface area contributed by atoms with Crippen LogP contribution in [-0.2, 0) is 4.79 Å². The fraction of sp³-hybridized carbons (Fsp3) is 0.583. The Balaban J connectivity index is 1.43. The molecule has 0 unspecified atom stereocenters. The lowest BCUT2D eigenvalue weighted by molar-refractivity contribution is -0.124. The molecular weight excluding hydrogens is 422 g/mol. The Morgan fingerprint density at radius 1 is 1.24 bits per heavy atom. The Morgan fingerprint density at radius 2 is 2.06 bits per heavy atom. The van der Waals surface area contributed by atoms with Crippen molar-refractivity contribution in [3.05, 3.63) is 46.2 Å². The first-order chi connectivity index (χ1) is 16.0. The number of aromatic amines is 1. The van der Waals surface area contributed by atoms with Crippen molar-refractivity contribution in [3.63, 3.8) is 0 Å². The molecule has 0 spiro atoms. The zero-order valence-corrected chi connectivity index (χ0v) is 19.1. The number of hydrogen-bond donors (Lipinski definition) is 3. The molecule has 2 aromatic rings. The summed E-state index contributed by atoms with van der Waals surface area (Å²) in [6.07, 6.45) is 7.17. The number of nitrogens with one attached hydrogen (secondary N) is 3. The van der Waals surface area contributed by atoms with Crippen LogP contribution in [0.1, 0.15) is 80.4 Å². The Kier molecular flexibility index (Phi) is 7.47. The van der Waals surface area contributed by atoms with Crippen LogP contribution in [0.4, 0.5) is 5.69 Å². The first-order valence-corrected chi connectivity index (χ1v) is 12.1. The van der Waals surface area contributed by atoms with E-state index in [2.05, 4.69) is 37.1 Å². The third kappa shape index (κ3) is 5.64. The zero-order valence-electron chi connectivity index (χ0n) is 19.1. The van der Waals surface area contributed by atoms with Crippen LogP contribution in [0.25, 0.3) is 0 Å². The second kappa shape index (κ2) is 10.7. The van der Waals surface area contributed by atoms with E-state index in [1.54, 1.807) is 6.07 Å². The summed E-state index contributed by atoms with van der Waals surface area (Å²) >= 11 is 0. The molecule has 33 heavy (non-hydrogen) atoms. The lowest BCUT2D eigenvalue weighted by Gasteiger charge is -2.24. The quantitative estimate of drug-likeness (QED) is 0.535. The highest BCUT2D eigenvalue weighted by Crippen LogP contribution is 2.32. The molecule has 0 radical (unpaired) electrons. The second-order valence-corrected chi connectivity index (χ2v) is 9.05. The molecule has 4 rings (SSSR count). The molecule has 1 saturated carbocycles. The van der Waals surface area contributed by atoms with Gasteiger partial charge in [-0.15, -0.1) is 0 Å². The van der Waals surface area contributed by atoms with Gasteiger partial charge in [0, 0.05) is 36.3 Å². The Hall–Kier alpha value is -3.10. The molecule has 2 heterocycles. The highest BCUT2D eigenvalue weighted by Gasteiger charge is 2.34. The monoisotopic (exact) mass is 455 g/mol. The molecular formula is C24H33N5O4. The molecule has 9 heteroatoms. The number of unbranched alkanes of at least 4 members (excludes halogenated alkanes) is 1. The van der Waals surface area contributed by atoms with Crippen LogP contribution in [0.3, 0.4) is 0 Å². The predicted molar refractivity (Wildman–Crippen MR) is 124 cm³/mol. The van der Waals surface area contributed by atoms with E-state index in [-0.39, 0.29) is 23.8 Å². The molecule has 1 saturated heterocycles. The van der Waals surface area contributed by atoms with Gasteiger partial charge in [0.05, 0.1) is 0 Å². The SMILES string of the molecule is CCCC[C@H](NC(=O)c1cccc(N2CCCC2)c1)C(=O)N[C@H]1CCC[C@H]1c1noc(=O)[nH]1. The molecule has 1 aliphatic carbocycles. The van der Waals surface area contributed by atoms with Crippen molar-refractivity contribution in [2.24, 2.45) is 0 Å². The Labute approximate surface area is 193 Å². The largest absolute Gasteiger partial charge is 0.438 e. The summed E-state index contributed by atoms with van der Waals surface area (Å²) in [6, 6.07) is 6.84. The van der Waals surface area contributed by atoms with Gasteiger partial charge in [0.15, 0.2) is 5.82 Å². The summed E-state index contributed by atoms with van der Waals surface area (Å²) in [6.45, 7) is 4.07. The first kappa shape index (κ1) is 23.1. The van der Waals surface area contributed by atoms with Crippen molar-refractivity contribution in [2.45, 2.75) is 76.3 Å². The van der Waals surface area contributed by atoms with E-state index in [9.17, 15) is 14.4 Å². The van der Waals surface area contributed by atoms with Gasteiger partial charge in [0.1, 0.15) is 6.04 Å². The molecule has 2 fully saturated rings. The molecule has 1 aliphatic heterocycles. The maximum atomic E-state index is 13.2. The molecule has 0 bridgehead atoms.